The summed E-state index contributed by atoms with van der Waals surface area (Å²) in [5.41, 5.74) is 4.47. The van der Waals surface area contributed by atoms with E-state index in [0.717, 1.165) is 57.3 Å². The Morgan fingerprint density at radius 1 is 1.00 bits per heavy atom. The lowest BCUT2D eigenvalue weighted by atomic mass is 9.97. The Labute approximate surface area is 219 Å². The molecule has 3 aliphatic rings. The number of likely N-dealkylation sites (tertiary alicyclic amines) is 1. The second-order valence-corrected chi connectivity index (χ2v) is 12.5. The van der Waals surface area contributed by atoms with Gasteiger partial charge >= 0.3 is 10.2 Å². The van der Waals surface area contributed by atoms with Gasteiger partial charge in [-0.05, 0) is 88.1 Å². The van der Waals surface area contributed by atoms with Crippen molar-refractivity contribution < 1.29 is 22.3 Å². The number of amides is 1. The Morgan fingerprint density at radius 2 is 1.68 bits per heavy atom. The van der Waals surface area contributed by atoms with Gasteiger partial charge in [-0.1, -0.05) is 29.3 Å². The largest absolute Gasteiger partial charge is 0.493 e. The average Bonchev–Trinajstić information content (AvgIpc) is 3.61. The molecule has 0 atom stereocenters. The van der Waals surface area contributed by atoms with Gasteiger partial charge in [0.2, 0.25) is 0 Å². The molecule has 0 radical (unpaired) electrons. The van der Waals surface area contributed by atoms with Crippen molar-refractivity contribution in [1.29, 1.82) is 0 Å². The maximum Gasteiger partial charge on any atom is 0.304 e. The van der Waals surface area contributed by atoms with E-state index in [4.69, 9.17) is 4.74 Å². The minimum Gasteiger partial charge on any atom is -0.493 e. The number of piperidine rings is 1. The summed E-state index contributed by atoms with van der Waals surface area (Å²) in [6.07, 6.45) is 4.69. The first-order valence-electron chi connectivity index (χ1n) is 13.3. The van der Waals surface area contributed by atoms with Crippen molar-refractivity contribution in [3.8, 4) is 5.75 Å². The van der Waals surface area contributed by atoms with Crippen molar-refractivity contribution in [1.82, 2.24) is 13.9 Å². The molecule has 2 heterocycles. The number of hydrogen-bond acceptors (Lipinski definition) is 5. The molecular weight excluding hydrogens is 493 g/mol. The molecule has 3 fully saturated rings. The summed E-state index contributed by atoms with van der Waals surface area (Å²) in [4.78, 5) is 15.1. The Morgan fingerprint density at radius 3 is 2.27 bits per heavy atom. The van der Waals surface area contributed by atoms with Crippen molar-refractivity contribution in [2.24, 2.45) is 5.92 Å². The number of nitrogens with one attached hydrogen (secondary N) is 1. The molecule has 2 aromatic carbocycles. The third kappa shape index (κ3) is 6.33. The summed E-state index contributed by atoms with van der Waals surface area (Å²) in [5, 5.41) is 0. The molecule has 0 aromatic heterocycles. The van der Waals surface area contributed by atoms with Crippen molar-refractivity contribution in [3.05, 3.63) is 64.0 Å². The topological polar surface area (TPSA) is 79.0 Å². The summed E-state index contributed by atoms with van der Waals surface area (Å²) in [6.45, 7) is 8.45. The van der Waals surface area contributed by atoms with Crippen LogP contribution in [0, 0.1) is 25.6 Å². The second kappa shape index (κ2) is 10.7. The van der Waals surface area contributed by atoms with Crippen molar-refractivity contribution in [3.63, 3.8) is 0 Å². The highest BCUT2D eigenvalue weighted by Gasteiger charge is 2.33. The van der Waals surface area contributed by atoms with Gasteiger partial charge in [0.1, 0.15) is 11.6 Å². The molecule has 5 rings (SSSR count). The molecule has 7 nitrogen and oxygen atoms in total. The lowest BCUT2D eigenvalue weighted by Gasteiger charge is -2.32. The van der Waals surface area contributed by atoms with Gasteiger partial charge in [-0.3, -0.25) is 9.69 Å². The Hall–Kier alpha value is -2.49. The minimum atomic E-state index is -3.94. The lowest BCUT2D eigenvalue weighted by Crippen LogP contribution is -2.49. The molecular formula is C28H36FN3O4S. The molecule has 2 aromatic rings. The van der Waals surface area contributed by atoms with Crippen LogP contribution in [-0.4, -0.2) is 56.3 Å². The molecule has 37 heavy (non-hydrogen) atoms. The van der Waals surface area contributed by atoms with Crippen LogP contribution in [0.15, 0.2) is 30.3 Å². The molecule has 0 unspecified atom stereocenters. The van der Waals surface area contributed by atoms with Crippen LogP contribution < -0.4 is 9.46 Å². The number of hydrogen-bond donors (Lipinski definition) is 1. The monoisotopic (exact) mass is 529 g/mol. The predicted octanol–water partition coefficient (Wildman–Crippen LogP) is 4.29. The molecule has 200 valence electrons. The quantitative estimate of drug-likeness (QED) is 0.524. The zero-order valence-corrected chi connectivity index (χ0v) is 22.4. The van der Waals surface area contributed by atoms with Gasteiger partial charge in [-0.2, -0.15) is 12.7 Å². The van der Waals surface area contributed by atoms with E-state index in [-0.39, 0.29) is 11.5 Å². The van der Waals surface area contributed by atoms with Crippen LogP contribution in [0.4, 0.5) is 4.39 Å². The van der Waals surface area contributed by atoms with Crippen LogP contribution >= 0.6 is 0 Å². The lowest BCUT2D eigenvalue weighted by molar-refractivity contribution is 0.0973. The molecule has 2 aliphatic heterocycles. The number of nitrogens with zero attached hydrogens (tertiary/aromatic N) is 2. The molecule has 1 amide bonds. The highest BCUT2D eigenvalue weighted by atomic mass is 32.2. The van der Waals surface area contributed by atoms with Crippen LogP contribution in [0.25, 0.3) is 0 Å². The van der Waals surface area contributed by atoms with Crippen molar-refractivity contribution in [2.75, 3.05) is 32.8 Å². The number of rotatable bonds is 9. The van der Waals surface area contributed by atoms with E-state index in [1.54, 1.807) is 0 Å². The summed E-state index contributed by atoms with van der Waals surface area (Å²) < 4.78 is 48.8. The van der Waals surface area contributed by atoms with Crippen LogP contribution in [0.3, 0.4) is 0 Å². The molecule has 0 spiro atoms. The third-order valence-electron chi connectivity index (χ3n) is 7.61. The number of carbonyl (C=O) groups excluding carboxylic acids is 1. The van der Waals surface area contributed by atoms with Gasteiger partial charge in [0.05, 0.1) is 12.2 Å². The maximum atomic E-state index is 15.0. The van der Waals surface area contributed by atoms with E-state index in [1.807, 2.05) is 4.72 Å². The highest BCUT2D eigenvalue weighted by molar-refractivity contribution is 7.87. The molecule has 1 aliphatic carbocycles. The first-order chi connectivity index (χ1) is 17.7. The van der Waals surface area contributed by atoms with Gasteiger partial charge in [-0.15, -0.1) is 0 Å². The van der Waals surface area contributed by atoms with Gasteiger partial charge in [-0.25, -0.2) is 9.11 Å². The first kappa shape index (κ1) is 26.1. The van der Waals surface area contributed by atoms with Crippen molar-refractivity contribution in [2.45, 2.75) is 58.4 Å². The van der Waals surface area contributed by atoms with Crippen LogP contribution in [0.1, 0.15) is 70.6 Å². The summed E-state index contributed by atoms with van der Waals surface area (Å²) >= 11 is 0. The Kier molecular flexibility index (Phi) is 7.56. The standard InChI is InChI=1S/C28H36FN3O4S/c1-19-12-20(2)14-22(13-19)17-31-10-6-21(7-11-31)18-36-27-16-26(29)25(15-24(27)23-4-5-23)28(33)30-37(34,35)32-8-3-9-32/h12-16,21,23H,3-11,17-18H2,1-2H3,(H,30,33). The molecule has 1 N–H and O–H groups in total. The van der Waals surface area contributed by atoms with E-state index in [9.17, 15) is 17.6 Å². The average molecular weight is 530 g/mol. The van der Waals surface area contributed by atoms with Gasteiger partial charge in [0, 0.05) is 25.7 Å². The summed E-state index contributed by atoms with van der Waals surface area (Å²) in [7, 11) is -3.94. The fourth-order valence-electron chi connectivity index (χ4n) is 5.29. The number of carbonyl (C=O) groups is 1. The molecule has 1 saturated carbocycles. The normalized spacial score (nSPS) is 19.4. The first-order valence-corrected chi connectivity index (χ1v) is 14.7. The fourth-order valence-corrected chi connectivity index (χ4v) is 6.50. The van der Waals surface area contributed by atoms with E-state index in [2.05, 4.69) is 36.9 Å². The molecule has 0 bridgehead atoms. The van der Waals surface area contributed by atoms with Crippen LogP contribution in [0.5, 0.6) is 5.75 Å². The third-order valence-corrected chi connectivity index (χ3v) is 9.10. The van der Waals surface area contributed by atoms with E-state index in [0.29, 0.717) is 31.4 Å². The van der Waals surface area contributed by atoms with Crippen LogP contribution in [-0.2, 0) is 16.8 Å². The molecule has 2 saturated heterocycles. The SMILES string of the molecule is Cc1cc(C)cc(CN2CCC(COc3cc(F)c(C(=O)NS(=O)(=O)N4CCC4)cc3C3CC3)CC2)c1. The minimum absolute atomic E-state index is 0.216. The van der Waals surface area contributed by atoms with E-state index >= 15 is 0 Å². The van der Waals surface area contributed by atoms with Gasteiger partial charge < -0.3 is 4.74 Å². The van der Waals surface area contributed by atoms with E-state index < -0.39 is 21.9 Å². The summed E-state index contributed by atoms with van der Waals surface area (Å²) in [5.74, 6) is -0.628. The van der Waals surface area contributed by atoms with Gasteiger partial charge in [0.25, 0.3) is 5.91 Å². The zero-order chi connectivity index (χ0) is 26.2. The highest BCUT2D eigenvalue weighted by Crippen LogP contribution is 2.45. The number of benzene rings is 2. The van der Waals surface area contributed by atoms with E-state index in [1.165, 1.54) is 33.1 Å². The maximum absolute atomic E-state index is 15.0. The molecule has 9 heteroatoms. The second-order valence-electron chi connectivity index (χ2n) is 10.9. The zero-order valence-electron chi connectivity index (χ0n) is 21.6. The van der Waals surface area contributed by atoms with Crippen molar-refractivity contribution >= 4 is 16.1 Å². The van der Waals surface area contributed by atoms with Gasteiger partial charge in [0.15, 0.2) is 0 Å². The smallest absolute Gasteiger partial charge is 0.304 e. The number of ether oxygens (including phenoxy) is 1. The predicted molar refractivity (Wildman–Crippen MR) is 140 cm³/mol. The Bertz CT molecular complexity index is 1250. The fraction of sp³-hybridized carbons (Fsp3) is 0.536. The van der Waals surface area contributed by atoms with Crippen LogP contribution in [0.2, 0.25) is 0 Å². The Balaban J connectivity index is 1.18. The summed E-state index contributed by atoms with van der Waals surface area (Å²) in [6, 6.07) is 9.44. The number of aryl methyl sites for hydroxylation is 2. The number of halogens is 1.